The predicted molar refractivity (Wildman–Crippen MR) is 60.9 cm³/mol. The van der Waals surface area contributed by atoms with E-state index in [1.54, 1.807) is 0 Å². The maximum atomic E-state index is 5.73. The van der Waals surface area contributed by atoms with Crippen molar-refractivity contribution in [2.75, 3.05) is 6.61 Å². The number of aryl methyl sites for hydroxylation is 2. The highest BCUT2D eigenvalue weighted by Gasteiger charge is 2.00. The Bertz CT molecular complexity index is 289. The van der Waals surface area contributed by atoms with Crippen LogP contribution in [-0.4, -0.2) is 6.61 Å². The zero-order chi connectivity index (χ0) is 10.6. The third-order valence-corrected chi connectivity index (χ3v) is 2.30. The molecule has 1 aromatic rings. The zero-order valence-corrected chi connectivity index (χ0v) is 9.63. The van der Waals surface area contributed by atoms with Crippen LogP contribution in [0.25, 0.3) is 0 Å². The average molecular weight is 192 g/mol. The van der Waals surface area contributed by atoms with Gasteiger partial charge in [-0.05, 0) is 43.4 Å². The lowest BCUT2D eigenvalue weighted by Gasteiger charge is -2.10. The summed E-state index contributed by atoms with van der Waals surface area (Å²) in [5.41, 5.74) is 2.48. The van der Waals surface area contributed by atoms with Crippen molar-refractivity contribution >= 4 is 0 Å². The molecular formula is C13H20O. The third kappa shape index (κ3) is 3.41. The van der Waals surface area contributed by atoms with Gasteiger partial charge in [0.25, 0.3) is 0 Å². The summed E-state index contributed by atoms with van der Waals surface area (Å²) in [6.07, 6.45) is 1.12. The fourth-order valence-corrected chi connectivity index (χ4v) is 1.27. The van der Waals surface area contributed by atoms with Crippen molar-refractivity contribution in [2.45, 2.75) is 34.1 Å². The van der Waals surface area contributed by atoms with Gasteiger partial charge in [0.1, 0.15) is 5.75 Å². The van der Waals surface area contributed by atoms with Crippen molar-refractivity contribution in [3.63, 3.8) is 0 Å². The maximum absolute atomic E-state index is 5.73. The van der Waals surface area contributed by atoms with E-state index in [0.29, 0.717) is 5.92 Å². The van der Waals surface area contributed by atoms with E-state index in [2.05, 4.69) is 45.9 Å². The summed E-state index contributed by atoms with van der Waals surface area (Å²) in [5.74, 6) is 1.74. The second-order valence-electron chi connectivity index (χ2n) is 4.30. The van der Waals surface area contributed by atoms with Crippen molar-refractivity contribution in [3.8, 4) is 5.75 Å². The maximum Gasteiger partial charge on any atom is 0.122 e. The number of ether oxygens (including phenoxy) is 1. The first kappa shape index (κ1) is 11.1. The first-order valence-corrected chi connectivity index (χ1v) is 5.29. The molecule has 0 radical (unpaired) electrons. The highest BCUT2D eigenvalue weighted by atomic mass is 16.5. The monoisotopic (exact) mass is 192 g/mol. The van der Waals surface area contributed by atoms with Crippen molar-refractivity contribution in [2.24, 2.45) is 5.92 Å². The van der Waals surface area contributed by atoms with Crippen LogP contribution in [0.5, 0.6) is 5.75 Å². The molecule has 1 heteroatoms. The van der Waals surface area contributed by atoms with E-state index in [1.807, 2.05) is 0 Å². The normalized spacial score (nSPS) is 10.6. The van der Waals surface area contributed by atoms with Crippen LogP contribution in [0.2, 0.25) is 0 Å². The molecule has 0 atom stereocenters. The van der Waals surface area contributed by atoms with Gasteiger partial charge in [0.05, 0.1) is 6.61 Å². The van der Waals surface area contributed by atoms with Crippen molar-refractivity contribution in [1.82, 2.24) is 0 Å². The Morgan fingerprint density at radius 1 is 1.21 bits per heavy atom. The largest absolute Gasteiger partial charge is 0.493 e. The van der Waals surface area contributed by atoms with Gasteiger partial charge in [-0.1, -0.05) is 26.0 Å². The van der Waals surface area contributed by atoms with Gasteiger partial charge >= 0.3 is 0 Å². The highest BCUT2D eigenvalue weighted by Crippen LogP contribution is 2.19. The molecule has 1 rings (SSSR count). The number of rotatable bonds is 4. The Labute approximate surface area is 87.1 Å². The third-order valence-electron chi connectivity index (χ3n) is 2.30. The van der Waals surface area contributed by atoms with Crippen LogP contribution in [0.15, 0.2) is 18.2 Å². The van der Waals surface area contributed by atoms with Gasteiger partial charge in [0.15, 0.2) is 0 Å². The molecule has 14 heavy (non-hydrogen) atoms. The first-order valence-electron chi connectivity index (χ1n) is 5.29. The molecule has 0 aromatic heterocycles. The van der Waals surface area contributed by atoms with Gasteiger partial charge in [0, 0.05) is 0 Å². The van der Waals surface area contributed by atoms with Gasteiger partial charge in [-0.3, -0.25) is 0 Å². The lowest BCUT2D eigenvalue weighted by atomic mass is 10.1. The quantitative estimate of drug-likeness (QED) is 0.706. The Balaban J connectivity index is 2.53. The molecule has 0 bridgehead atoms. The van der Waals surface area contributed by atoms with Crippen molar-refractivity contribution in [1.29, 1.82) is 0 Å². The molecule has 0 aliphatic heterocycles. The lowest BCUT2D eigenvalue weighted by molar-refractivity contribution is 0.287. The fourth-order valence-electron chi connectivity index (χ4n) is 1.27. The van der Waals surface area contributed by atoms with Crippen LogP contribution in [0.3, 0.4) is 0 Å². The van der Waals surface area contributed by atoms with Gasteiger partial charge in [-0.2, -0.15) is 0 Å². The lowest BCUT2D eigenvalue weighted by Crippen LogP contribution is -2.02. The smallest absolute Gasteiger partial charge is 0.122 e. The van der Waals surface area contributed by atoms with Crippen molar-refractivity contribution in [3.05, 3.63) is 29.3 Å². The van der Waals surface area contributed by atoms with E-state index < -0.39 is 0 Å². The van der Waals surface area contributed by atoms with E-state index in [4.69, 9.17) is 4.74 Å². The standard InChI is InChI=1S/C13H20O/c1-10(2)7-8-14-13-9-11(3)5-6-12(13)4/h5-6,9-10H,7-8H2,1-4H3. The van der Waals surface area contributed by atoms with E-state index >= 15 is 0 Å². The van der Waals surface area contributed by atoms with E-state index in [1.165, 1.54) is 11.1 Å². The van der Waals surface area contributed by atoms with Crippen LogP contribution in [-0.2, 0) is 0 Å². The molecule has 0 spiro atoms. The molecule has 0 unspecified atom stereocenters. The molecular weight excluding hydrogens is 172 g/mol. The first-order chi connectivity index (χ1) is 6.59. The summed E-state index contributed by atoms with van der Waals surface area (Å²) in [5, 5.41) is 0. The van der Waals surface area contributed by atoms with Gasteiger partial charge in [0.2, 0.25) is 0 Å². The summed E-state index contributed by atoms with van der Waals surface area (Å²) in [6, 6.07) is 6.33. The van der Waals surface area contributed by atoms with Crippen molar-refractivity contribution < 1.29 is 4.74 Å². The molecule has 0 aliphatic rings. The fraction of sp³-hybridized carbons (Fsp3) is 0.538. The zero-order valence-electron chi connectivity index (χ0n) is 9.63. The SMILES string of the molecule is Cc1ccc(C)c(OCCC(C)C)c1. The van der Waals surface area contributed by atoms with E-state index in [9.17, 15) is 0 Å². The van der Waals surface area contributed by atoms with Crippen LogP contribution in [0.1, 0.15) is 31.4 Å². The van der Waals surface area contributed by atoms with E-state index in [-0.39, 0.29) is 0 Å². The highest BCUT2D eigenvalue weighted by molar-refractivity contribution is 5.35. The topological polar surface area (TPSA) is 9.23 Å². The molecule has 0 N–H and O–H groups in total. The molecule has 0 saturated carbocycles. The summed E-state index contributed by atoms with van der Waals surface area (Å²) in [7, 11) is 0. The van der Waals surface area contributed by atoms with Crippen LogP contribution >= 0.6 is 0 Å². The van der Waals surface area contributed by atoms with Gasteiger partial charge in [-0.25, -0.2) is 0 Å². The Hall–Kier alpha value is -0.980. The summed E-state index contributed by atoms with van der Waals surface area (Å²) < 4.78 is 5.73. The summed E-state index contributed by atoms with van der Waals surface area (Å²) >= 11 is 0. The van der Waals surface area contributed by atoms with Crippen LogP contribution < -0.4 is 4.74 Å². The van der Waals surface area contributed by atoms with Gasteiger partial charge in [-0.15, -0.1) is 0 Å². The van der Waals surface area contributed by atoms with Crippen LogP contribution in [0, 0.1) is 19.8 Å². The molecule has 0 aliphatic carbocycles. The Morgan fingerprint density at radius 3 is 2.57 bits per heavy atom. The minimum atomic E-state index is 0.708. The Morgan fingerprint density at radius 2 is 1.93 bits per heavy atom. The second kappa shape index (κ2) is 5.04. The molecule has 0 fully saturated rings. The summed E-state index contributed by atoms with van der Waals surface area (Å²) in [4.78, 5) is 0. The van der Waals surface area contributed by atoms with Crippen LogP contribution in [0.4, 0.5) is 0 Å². The molecule has 0 heterocycles. The molecule has 0 amide bonds. The van der Waals surface area contributed by atoms with E-state index in [0.717, 1.165) is 18.8 Å². The Kier molecular flexibility index (Phi) is 3.99. The molecule has 1 aromatic carbocycles. The molecule has 78 valence electrons. The minimum absolute atomic E-state index is 0.708. The molecule has 1 nitrogen and oxygen atoms in total. The number of benzene rings is 1. The molecule has 0 saturated heterocycles. The minimum Gasteiger partial charge on any atom is -0.493 e. The second-order valence-corrected chi connectivity index (χ2v) is 4.30. The average Bonchev–Trinajstić information content (AvgIpc) is 2.10. The summed E-state index contributed by atoms with van der Waals surface area (Å²) in [6.45, 7) is 9.43. The number of hydrogen-bond acceptors (Lipinski definition) is 1. The predicted octanol–water partition coefficient (Wildman–Crippen LogP) is 3.73. The number of hydrogen-bond donors (Lipinski definition) is 0. The van der Waals surface area contributed by atoms with Gasteiger partial charge < -0.3 is 4.74 Å².